The number of nitrogens with zero attached hydrogens (tertiary/aromatic N) is 3. The minimum absolute atomic E-state index is 0.0965. The summed E-state index contributed by atoms with van der Waals surface area (Å²) in [7, 11) is 3.96. The number of hydrogen-bond donors (Lipinski definition) is 0. The van der Waals surface area contributed by atoms with E-state index >= 15 is 0 Å². The van der Waals surface area contributed by atoms with Crippen molar-refractivity contribution in [2.24, 2.45) is 0 Å². The van der Waals surface area contributed by atoms with Gasteiger partial charge in [-0.15, -0.1) is 0 Å². The predicted octanol–water partition coefficient (Wildman–Crippen LogP) is 2.80. The fraction of sp³-hybridized carbons (Fsp3) is 0.538. The average molecular weight is 304 g/mol. The normalized spacial score (nSPS) is 12.6. The zero-order valence-corrected chi connectivity index (χ0v) is 13.2. The first-order chi connectivity index (χ1) is 8.86. The zero-order chi connectivity index (χ0) is 14.6. The molecule has 106 valence electrons. The summed E-state index contributed by atoms with van der Waals surface area (Å²) >= 11 is 11.7. The Morgan fingerprint density at radius 1 is 1.37 bits per heavy atom. The van der Waals surface area contributed by atoms with Crippen LogP contribution >= 0.6 is 23.2 Å². The van der Waals surface area contributed by atoms with Gasteiger partial charge in [-0.05, 0) is 40.1 Å². The van der Waals surface area contributed by atoms with Crippen molar-refractivity contribution in [2.75, 3.05) is 27.2 Å². The largest absolute Gasteiger partial charge is 0.335 e. The number of amides is 1. The lowest BCUT2D eigenvalue weighted by Crippen LogP contribution is -2.43. The highest BCUT2D eigenvalue weighted by Gasteiger charge is 2.22. The molecule has 1 atom stereocenters. The first-order valence-corrected chi connectivity index (χ1v) is 6.90. The summed E-state index contributed by atoms with van der Waals surface area (Å²) in [5, 5.41) is 0.430. The van der Waals surface area contributed by atoms with E-state index in [9.17, 15) is 4.79 Å². The summed E-state index contributed by atoms with van der Waals surface area (Å²) in [5.41, 5.74) is 0.388. The Labute approximate surface area is 124 Å². The van der Waals surface area contributed by atoms with Crippen molar-refractivity contribution in [3.05, 3.63) is 28.0 Å². The number of halogens is 2. The predicted molar refractivity (Wildman–Crippen MR) is 79.0 cm³/mol. The number of pyridine rings is 1. The molecule has 0 fully saturated rings. The van der Waals surface area contributed by atoms with Gasteiger partial charge < -0.3 is 9.80 Å². The minimum atomic E-state index is -0.119. The molecule has 0 aliphatic rings. The third kappa shape index (κ3) is 4.34. The average Bonchev–Trinajstić information content (AvgIpc) is 2.28. The van der Waals surface area contributed by atoms with Gasteiger partial charge in [0.25, 0.3) is 5.91 Å². The van der Waals surface area contributed by atoms with E-state index < -0.39 is 0 Å². The summed E-state index contributed by atoms with van der Waals surface area (Å²) in [5.74, 6) is -0.119. The van der Waals surface area contributed by atoms with E-state index in [0.717, 1.165) is 6.54 Å². The maximum Gasteiger partial charge on any atom is 0.257 e. The molecule has 0 aliphatic heterocycles. The molecule has 1 unspecified atom stereocenters. The van der Waals surface area contributed by atoms with E-state index in [-0.39, 0.29) is 22.3 Å². The molecule has 0 saturated heterocycles. The van der Waals surface area contributed by atoms with Crippen LogP contribution < -0.4 is 0 Å². The molecule has 0 bridgehead atoms. The molecule has 4 nitrogen and oxygen atoms in total. The van der Waals surface area contributed by atoms with Gasteiger partial charge in [0.05, 0.1) is 5.56 Å². The molecule has 6 heteroatoms. The van der Waals surface area contributed by atoms with Crippen molar-refractivity contribution in [3.63, 3.8) is 0 Å². The number of hydrogen-bond acceptors (Lipinski definition) is 3. The first-order valence-electron chi connectivity index (χ1n) is 6.14. The van der Waals surface area contributed by atoms with E-state index in [1.54, 1.807) is 17.0 Å². The Balaban J connectivity index is 2.95. The summed E-state index contributed by atoms with van der Waals surface area (Å²) < 4.78 is 0. The quantitative estimate of drug-likeness (QED) is 0.785. The summed E-state index contributed by atoms with van der Waals surface area (Å²) in [6.07, 6.45) is 0. The molecule has 19 heavy (non-hydrogen) atoms. The first kappa shape index (κ1) is 16.2. The molecule has 0 radical (unpaired) electrons. The molecule has 0 saturated carbocycles. The Morgan fingerprint density at radius 2 is 2.00 bits per heavy atom. The van der Waals surface area contributed by atoms with Crippen LogP contribution in [0.5, 0.6) is 0 Å². The van der Waals surface area contributed by atoms with E-state index in [4.69, 9.17) is 23.2 Å². The molecular weight excluding hydrogens is 285 g/mol. The van der Waals surface area contributed by atoms with Crippen molar-refractivity contribution >= 4 is 29.1 Å². The molecule has 1 amide bonds. The van der Waals surface area contributed by atoms with Crippen molar-refractivity contribution < 1.29 is 4.79 Å². The number of likely N-dealkylation sites (N-methyl/N-ethyl adjacent to an activating group) is 2. The van der Waals surface area contributed by atoms with Crippen molar-refractivity contribution in [3.8, 4) is 0 Å². The molecule has 0 aromatic carbocycles. The van der Waals surface area contributed by atoms with Crippen LogP contribution in [-0.2, 0) is 0 Å². The van der Waals surface area contributed by atoms with E-state index in [1.807, 2.05) is 32.8 Å². The zero-order valence-electron chi connectivity index (χ0n) is 11.7. The van der Waals surface area contributed by atoms with Crippen LogP contribution in [0.4, 0.5) is 0 Å². The van der Waals surface area contributed by atoms with Crippen LogP contribution in [-0.4, -0.2) is 53.9 Å². The van der Waals surface area contributed by atoms with Crippen molar-refractivity contribution in [1.29, 1.82) is 0 Å². The topological polar surface area (TPSA) is 36.4 Å². The number of carbonyl (C=O) groups excluding carboxylic acids is 1. The van der Waals surface area contributed by atoms with Crippen LogP contribution in [0, 0.1) is 0 Å². The van der Waals surface area contributed by atoms with E-state index in [1.165, 1.54) is 0 Å². The summed E-state index contributed by atoms with van der Waals surface area (Å²) in [6, 6.07) is 3.29. The molecule has 1 rings (SSSR count). The second kappa shape index (κ2) is 7.08. The lowest BCUT2D eigenvalue weighted by molar-refractivity contribution is 0.0679. The van der Waals surface area contributed by atoms with E-state index in [2.05, 4.69) is 4.98 Å². The standard InChI is InChI=1S/C13H19Cl2N3O/c1-5-18(9(2)8-17(3)4)13(19)10-6-7-11(14)16-12(10)15/h6-7,9H,5,8H2,1-4H3. The van der Waals surface area contributed by atoms with Crippen LogP contribution in [0.3, 0.4) is 0 Å². The monoisotopic (exact) mass is 303 g/mol. The van der Waals surface area contributed by atoms with Crippen LogP contribution in [0.25, 0.3) is 0 Å². The molecular formula is C13H19Cl2N3O. The molecule has 0 aliphatic carbocycles. The van der Waals surface area contributed by atoms with Crippen molar-refractivity contribution in [1.82, 2.24) is 14.8 Å². The van der Waals surface area contributed by atoms with Gasteiger partial charge in [-0.3, -0.25) is 4.79 Å². The Bertz CT molecular complexity index is 452. The summed E-state index contributed by atoms with van der Waals surface area (Å²) in [6.45, 7) is 5.37. The van der Waals surface area contributed by atoms with Gasteiger partial charge in [-0.1, -0.05) is 23.2 Å². The Hall–Kier alpha value is -0.840. The second-order valence-electron chi connectivity index (χ2n) is 4.67. The van der Waals surface area contributed by atoms with Gasteiger partial charge in [0.15, 0.2) is 0 Å². The number of carbonyl (C=O) groups is 1. The Morgan fingerprint density at radius 3 is 2.47 bits per heavy atom. The molecule has 1 heterocycles. The van der Waals surface area contributed by atoms with Crippen molar-refractivity contribution in [2.45, 2.75) is 19.9 Å². The van der Waals surface area contributed by atoms with E-state index in [0.29, 0.717) is 12.1 Å². The second-order valence-corrected chi connectivity index (χ2v) is 5.42. The van der Waals surface area contributed by atoms with Gasteiger partial charge in [0, 0.05) is 19.1 Å². The smallest absolute Gasteiger partial charge is 0.257 e. The molecule has 0 N–H and O–H groups in total. The fourth-order valence-corrected chi connectivity index (χ4v) is 2.43. The lowest BCUT2D eigenvalue weighted by Gasteiger charge is -2.30. The highest BCUT2D eigenvalue weighted by molar-refractivity contribution is 6.34. The minimum Gasteiger partial charge on any atom is -0.335 e. The molecule has 1 aromatic heterocycles. The Kier molecular flexibility index (Phi) is 6.04. The highest BCUT2D eigenvalue weighted by Crippen LogP contribution is 2.19. The number of aromatic nitrogens is 1. The lowest BCUT2D eigenvalue weighted by atomic mass is 10.2. The highest BCUT2D eigenvalue weighted by atomic mass is 35.5. The van der Waals surface area contributed by atoms with Gasteiger partial charge in [0.2, 0.25) is 0 Å². The maximum atomic E-state index is 12.5. The van der Waals surface area contributed by atoms with Gasteiger partial charge >= 0.3 is 0 Å². The SMILES string of the molecule is CCN(C(=O)c1ccc(Cl)nc1Cl)C(C)CN(C)C. The molecule has 0 spiro atoms. The van der Waals surface area contributed by atoms with Gasteiger partial charge in [-0.25, -0.2) is 4.98 Å². The third-order valence-corrected chi connectivity index (χ3v) is 3.31. The molecule has 1 aromatic rings. The fourth-order valence-electron chi connectivity index (χ4n) is 2.01. The maximum absolute atomic E-state index is 12.5. The van der Waals surface area contributed by atoms with Crippen LogP contribution in [0.2, 0.25) is 10.3 Å². The third-order valence-electron chi connectivity index (χ3n) is 2.81. The summed E-state index contributed by atoms with van der Waals surface area (Å²) in [4.78, 5) is 20.2. The van der Waals surface area contributed by atoms with Crippen LogP contribution in [0.15, 0.2) is 12.1 Å². The van der Waals surface area contributed by atoms with Crippen LogP contribution in [0.1, 0.15) is 24.2 Å². The number of rotatable bonds is 5. The van der Waals surface area contributed by atoms with Gasteiger partial charge in [0.1, 0.15) is 10.3 Å². The van der Waals surface area contributed by atoms with Gasteiger partial charge in [-0.2, -0.15) is 0 Å².